The van der Waals surface area contributed by atoms with Crippen molar-refractivity contribution in [1.29, 1.82) is 0 Å². The molecule has 0 radical (unpaired) electrons. The first kappa shape index (κ1) is 16.0. The van der Waals surface area contributed by atoms with Gasteiger partial charge in [-0.05, 0) is 33.6 Å². The van der Waals surface area contributed by atoms with E-state index in [1.165, 1.54) is 0 Å². The van der Waals surface area contributed by atoms with Crippen LogP contribution in [-0.2, 0) is 14.3 Å². The minimum absolute atomic E-state index is 0.00488. The SMILES string of the molecule is CCC1(CC)NC(=O)C(C)N(CC(C)(C)OC)C1=O. The maximum atomic E-state index is 12.7. The molecule has 0 aromatic rings. The largest absolute Gasteiger partial charge is 0.377 e. The number of amides is 2. The number of hydrogen-bond donors (Lipinski definition) is 1. The topological polar surface area (TPSA) is 58.6 Å². The van der Waals surface area contributed by atoms with Crippen LogP contribution in [0.1, 0.15) is 47.5 Å². The van der Waals surface area contributed by atoms with Gasteiger partial charge in [-0.3, -0.25) is 9.59 Å². The Morgan fingerprint density at radius 3 is 2.26 bits per heavy atom. The second kappa shape index (κ2) is 5.49. The van der Waals surface area contributed by atoms with E-state index >= 15 is 0 Å². The van der Waals surface area contributed by atoms with E-state index in [1.54, 1.807) is 18.9 Å². The quantitative estimate of drug-likeness (QED) is 0.819. The van der Waals surface area contributed by atoms with Crippen molar-refractivity contribution in [1.82, 2.24) is 10.2 Å². The van der Waals surface area contributed by atoms with E-state index in [9.17, 15) is 9.59 Å². The van der Waals surface area contributed by atoms with Gasteiger partial charge in [-0.1, -0.05) is 13.8 Å². The molecule has 2 amide bonds. The first-order valence-corrected chi connectivity index (χ1v) is 6.91. The number of nitrogens with one attached hydrogen (secondary N) is 1. The normalized spacial score (nSPS) is 23.5. The molecule has 0 aromatic heterocycles. The molecule has 0 aliphatic carbocycles. The average Bonchev–Trinajstić information content (AvgIpc) is 2.39. The van der Waals surface area contributed by atoms with Crippen LogP contribution < -0.4 is 5.32 Å². The van der Waals surface area contributed by atoms with Crippen LogP contribution in [0.2, 0.25) is 0 Å². The molecule has 110 valence electrons. The lowest BCUT2D eigenvalue weighted by Crippen LogP contribution is -2.70. The molecule has 0 bridgehead atoms. The summed E-state index contributed by atoms with van der Waals surface area (Å²) in [6.07, 6.45) is 1.20. The summed E-state index contributed by atoms with van der Waals surface area (Å²) in [4.78, 5) is 26.5. The monoisotopic (exact) mass is 270 g/mol. The number of rotatable bonds is 5. The highest BCUT2D eigenvalue weighted by Crippen LogP contribution is 2.26. The maximum absolute atomic E-state index is 12.7. The van der Waals surface area contributed by atoms with Crippen molar-refractivity contribution in [2.45, 2.75) is 64.6 Å². The number of methoxy groups -OCH3 is 1. The summed E-state index contributed by atoms with van der Waals surface area (Å²) in [5, 5.41) is 2.89. The summed E-state index contributed by atoms with van der Waals surface area (Å²) in [6, 6.07) is -0.451. The summed E-state index contributed by atoms with van der Waals surface area (Å²) >= 11 is 0. The summed E-state index contributed by atoms with van der Waals surface area (Å²) in [7, 11) is 1.62. The van der Waals surface area contributed by atoms with E-state index in [0.717, 1.165) is 0 Å². The third-order valence-electron chi connectivity index (χ3n) is 4.19. The third kappa shape index (κ3) is 2.91. The summed E-state index contributed by atoms with van der Waals surface area (Å²) in [6.45, 7) is 9.86. The van der Waals surface area contributed by atoms with Crippen LogP contribution in [0, 0.1) is 0 Å². The molecule has 1 aliphatic rings. The maximum Gasteiger partial charge on any atom is 0.249 e. The van der Waals surface area contributed by atoms with Crippen LogP contribution >= 0.6 is 0 Å². The smallest absolute Gasteiger partial charge is 0.249 e. The van der Waals surface area contributed by atoms with Crippen LogP contribution in [-0.4, -0.2) is 47.6 Å². The van der Waals surface area contributed by atoms with Gasteiger partial charge in [0.15, 0.2) is 0 Å². The van der Waals surface area contributed by atoms with Gasteiger partial charge in [0, 0.05) is 7.11 Å². The van der Waals surface area contributed by atoms with Crippen LogP contribution in [0.3, 0.4) is 0 Å². The number of hydrogen-bond acceptors (Lipinski definition) is 3. The molecular weight excluding hydrogens is 244 g/mol. The molecule has 1 saturated heterocycles. The Morgan fingerprint density at radius 1 is 1.32 bits per heavy atom. The molecule has 5 nitrogen and oxygen atoms in total. The number of ether oxygens (including phenoxy) is 1. The number of piperazine rings is 1. The van der Waals surface area contributed by atoms with Gasteiger partial charge in [-0.2, -0.15) is 0 Å². The molecule has 1 atom stereocenters. The van der Waals surface area contributed by atoms with Crippen molar-refractivity contribution in [3.63, 3.8) is 0 Å². The first-order chi connectivity index (χ1) is 8.73. The highest BCUT2D eigenvalue weighted by Gasteiger charge is 2.48. The van der Waals surface area contributed by atoms with Crippen LogP contribution in [0.4, 0.5) is 0 Å². The molecular formula is C14H26N2O3. The minimum atomic E-state index is -0.757. The molecule has 1 N–H and O–H groups in total. The first-order valence-electron chi connectivity index (χ1n) is 6.91. The highest BCUT2D eigenvalue weighted by atomic mass is 16.5. The van der Waals surface area contributed by atoms with E-state index in [2.05, 4.69) is 5.32 Å². The zero-order chi connectivity index (χ0) is 14.8. The Kier molecular flexibility index (Phi) is 4.61. The fourth-order valence-electron chi connectivity index (χ4n) is 2.40. The van der Waals surface area contributed by atoms with E-state index in [1.807, 2.05) is 27.7 Å². The molecule has 1 aliphatic heterocycles. The fourth-order valence-corrected chi connectivity index (χ4v) is 2.40. The van der Waals surface area contributed by atoms with Gasteiger partial charge in [-0.15, -0.1) is 0 Å². The van der Waals surface area contributed by atoms with Crippen molar-refractivity contribution in [2.24, 2.45) is 0 Å². The summed E-state index contributed by atoms with van der Waals surface area (Å²) < 4.78 is 5.38. The predicted octanol–water partition coefficient (Wildman–Crippen LogP) is 1.32. The molecule has 1 heterocycles. The van der Waals surface area contributed by atoms with Crippen LogP contribution in [0.15, 0.2) is 0 Å². The Morgan fingerprint density at radius 2 is 1.84 bits per heavy atom. The van der Waals surface area contributed by atoms with E-state index in [0.29, 0.717) is 19.4 Å². The van der Waals surface area contributed by atoms with Gasteiger partial charge in [0.1, 0.15) is 11.6 Å². The van der Waals surface area contributed by atoms with Crippen LogP contribution in [0.5, 0.6) is 0 Å². The Hall–Kier alpha value is -1.10. The molecule has 0 saturated carbocycles. The van der Waals surface area contributed by atoms with Gasteiger partial charge < -0.3 is 15.0 Å². The Balaban J connectivity index is 3.06. The fraction of sp³-hybridized carbons (Fsp3) is 0.857. The molecule has 1 rings (SSSR count). The van der Waals surface area contributed by atoms with Crippen molar-refractivity contribution in [2.75, 3.05) is 13.7 Å². The highest BCUT2D eigenvalue weighted by molar-refractivity contribution is 5.99. The predicted molar refractivity (Wildman–Crippen MR) is 73.7 cm³/mol. The standard InChI is InChI=1S/C14H26N2O3/c1-7-14(8-2)12(18)16(9-13(4,5)19-6)10(3)11(17)15-14/h10H,7-9H2,1-6H3,(H,15,17). The van der Waals surface area contributed by atoms with E-state index in [-0.39, 0.29) is 11.8 Å². The van der Waals surface area contributed by atoms with Gasteiger partial charge in [0.2, 0.25) is 11.8 Å². The Bertz CT molecular complexity index is 362. The van der Waals surface area contributed by atoms with Gasteiger partial charge in [0.05, 0.1) is 12.1 Å². The zero-order valence-corrected chi connectivity index (χ0v) is 12.9. The van der Waals surface area contributed by atoms with Crippen LogP contribution in [0.25, 0.3) is 0 Å². The van der Waals surface area contributed by atoms with Gasteiger partial charge in [-0.25, -0.2) is 0 Å². The lowest BCUT2D eigenvalue weighted by Gasteiger charge is -2.46. The number of carbonyl (C=O) groups excluding carboxylic acids is 2. The lowest BCUT2D eigenvalue weighted by atomic mass is 9.86. The molecule has 1 unspecified atom stereocenters. The van der Waals surface area contributed by atoms with Crippen molar-refractivity contribution in [3.8, 4) is 0 Å². The Labute approximate surface area is 115 Å². The molecule has 19 heavy (non-hydrogen) atoms. The van der Waals surface area contributed by atoms with Gasteiger partial charge >= 0.3 is 0 Å². The van der Waals surface area contributed by atoms with E-state index in [4.69, 9.17) is 4.74 Å². The van der Waals surface area contributed by atoms with Crippen molar-refractivity contribution in [3.05, 3.63) is 0 Å². The second-order valence-corrected chi connectivity index (χ2v) is 5.85. The molecule has 0 spiro atoms. The third-order valence-corrected chi connectivity index (χ3v) is 4.19. The summed E-state index contributed by atoms with van der Waals surface area (Å²) in [5.74, 6) is -0.0927. The molecule has 1 fully saturated rings. The van der Waals surface area contributed by atoms with Crippen molar-refractivity contribution >= 4 is 11.8 Å². The molecule has 5 heteroatoms. The van der Waals surface area contributed by atoms with E-state index < -0.39 is 17.2 Å². The minimum Gasteiger partial charge on any atom is -0.377 e. The number of carbonyl (C=O) groups is 2. The van der Waals surface area contributed by atoms with Gasteiger partial charge in [0.25, 0.3) is 0 Å². The lowest BCUT2D eigenvalue weighted by molar-refractivity contribution is -0.158. The zero-order valence-electron chi connectivity index (χ0n) is 12.9. The number of nitrogens with zero attached hydrogens (tertiary/aromatic N) is 1. The summed E-state index contributed by atoms with van der Waals surface area (Å²) in [5.41, 5.74) is -1.22. The average molecular weight is 270 g/mol. The van der Waals surface area contributed by atoms with Crippen molar-refractivity contribution < 1.29 is 14.3 Å². The molecule has 0 aromatic carbocycles. The second-order valence-electron chi connectivity index (χ2n) is 5.85.